The molecule has 1 atom stereocenters. The summed E-state index contributed by atoms with van der Waals surface area (Å²) in [5.74, 6) is -0.230. The highest BCUT2D eigenvalue weighted by Gasteiger charge is 2.21. The van der Waals surface area contributed by atoms with Gasteiger partial charge in [-0.05, 0) is 44.0 Å². The van der Waals surface area contributed by atoms with Gasteiger partial charge in [0.2, 0.25) is 0 Å². The Bertz CT molecular complexity index is 546. The first-order valence-corrected chi connectivity index (χ1v) is 6.76. The second-order valence-electron chi connectivity index (χ2n) is 3.11. The Balaban J connectivity index is 2.30. The lowest BCUT2D eigenvalue weighted by molar-refractivity contribution is -0.402. The molecule has 2 rings (SSSR count). The van der Waals surface area contributed by atoms with Crippen molar-refractivity contribution >= 4 is 49.1 Å². The van der Waals surface area contributed by atoms with Crippen LogP contribution in [0.15, 0.2) is 30.9 Å². The lowest BCUT2D eigenvalue weighted by Crippen LogP contribution is -1.94. The van der Waals surface area contributed by atoms with Crippen LogP contribution in [0.25, 0.3) is 0 Å². The van der Waals surface area contributed by atoms with E-state index in [2.05, 4.69) is 31.9 Å². The van der Waals surface area contributed by atoms with Gasteiger partial charge < -0.3 is 9.52 Å². The maximum absolute atomic E-state index is 10.4. The van der Waals surface area contributed by atoms with Crippen molar-refractivity contribution in [3.05, 3.63) is 47.2 Å². The normalized spacial score (nSPS) is 12.6. The van der Waals surface area contributed by atoms with Gasteiger partial charge in [-0.2, -0.15) is 0 Å². The van der Waals surface area contributed by atoms with Crippen LogP contribution in [0.4, 0.5) is 5.88 Å². The quantitative estimate of drug-likeness (QED) is 0.645. The van der Waals surface area contributed by atoms with E-state index < -0.39 is 11.0 Å². The monoisotopic (exact) mass is 381 g/mol. The molecule has 0 saturated heterocycles. The number of rotatable bonds is 3. The van der Waals surface area contributed by atoms with E-state index in [1.165, 1.54) is 23.5 Å². The zero-order valence-electron chi connectivity index (χ0n) is 8.09. The number of hydrogen-bond acceptors (Lipinski definition) is 5. The number of aliphatic hydroxyl groups excluding tert-OH is 1. The van der Waals surface area contributed by atoms with Gasteiger partial charge in [0.15, 0.2) is 0 Å². The fourth-order valence-electron chi connectivity index (χ4n) is 1.23. The molecule has 5 nitrogen and oxygen atoms in total. The Morgan fingerprint density at radius 2 is 2.18 bits per heavy atom. The molecule has 0 fully saturated rings. The van der Waals surface area contributed by atoms with Crippen LogP contribution in [0.1, 0.15) is 16.7 Å². The lowest BCUT2D eigenvalue weighted by Gasteiger charge is -2.02. The van der Waals surface area contributed by atoms with Gasteiger partial charge in [-0.25, -0.2) is 0 Å². The zero-order chi connectivity index (χ0) is 12.6. The minimum absolute atomic E-state index is 0.151. The van der Waals surface area contributed by atoms with Crippen molar-refractivity contribution in [3.8, 4) is 0 Å². The Morgan fingerprint density at radius 3 is 2.65 bits per heavy atom. The van der Waals surface area contributed by atoms with Gasteiger partial charge in [-0.3, -0.25) is 10.1 Å². The van der Waals surface area contributed by atoms with E-state index in [1.807, 2.05) is 0 Å². The molecule has 2 heterocycles. The molecule has 0 aliphatic heterocycles. The molecule has 8 heteroatoms. The smallest absolute Gasteiger partial charge is 0.403 e. The summed E-state index contributed by atoms with van der Waals surface area (Å²) < 4.78 is 6.59. The van der Waals surface area contributed by atoms with Crippen LogP contribution in [0.3, 0.4) is 0 Å². The lowest BCUT2D eigenvalue weighted by atomic mass is 10.2. The zero-order valence-corrected chi connectivity index (χ0v) is 12.1. The summed E-state index contributed by atoms with van der Waals surface area (Å²) in [6.45, 7) is 0. The van der Waals surface area contributed by atoms with Gasteiger partial charge in [0, 0.05) is 9.35 Å². The Kier molecular flexibility index (Phi) is 3.67. The van der Waals surface area contributed by atoms with Crippen LogP contribution in [0.5, 0.6) is 0 Å². The molecule has 17 heavy (non-hydrogen) atoms. The summed E-state index contributed by atoms with van der Waals surface area (Å²) in [5.41, 5.74) is 0. The molecule has 0 spiro atoms. The molecular formula is C9H5Br2NO4S. The summed E-state index contributed by atoms with van der Waals surface area (Å²) in [6.07, 6.45) is -1.00. The molecule has 0 bridgehead atoms. The van der Waals surface area contributed by atoms with E-state index >= 15 is 0 Å². The molecule has 0 radical (unpaired) electrons. The highest BCUT2D eigenvalue weighted by Crippen LogP contribution is 2.38. The first-order chi connectivity index (χ1) is 7.99. The van der Waals surface area contributed by atoms with Crippen molar-refractivity contribution in [1.82, 2.24) is 0 Å². The van der Waals surface area contributed by atoms with Crippen molar-refractivity contribution < 1.29 is 14.4 Å². The average Bonchev–Trinajstić information content (AvgIpc) is 2.86. The molecule has 0 aromatic carbocycles. The molecule has 2 aromatic rings. The standard InChI is InChI=1S/C9H5Br2NO4S/c10-4-3-6(17-9(4)11)8(13)5-1-2-7(16-5)12(14)15/h1-3,8,13H. The van der Waals surface area contributed by atoms with E-state index in [0.29, 0.717) is 4.88 Å². The molecule has 0 aliphatic rings. The molecule has 1 unspecified atom stereocenters. The third-order valence-electron chi connectivity index (χ3n) is 2.00. The maximum atomic E-state index is 10.4. The van der Waals surface area contributed by atoms with Crippen molar-refractivity contribution in [2.75, 3.05) is 0 Å². The number of nitro groups is 1. The molecule has 0 saturated carbocycles. The van der Waals surface area contributed by atoms with Crippen LogP contribution in [0.2, 0.25) is 0 Å². The minimum atomic E-state index is -1.00. The number of thiophene rings is 1. The van der Waals surface area contributed by atoms with E-state index in [9.17, 15) is 15.2 Å². The van der Waals surface area contributed by atoms with Gasteiger partial charge >= 0.3 is 5.88 Å². The van der Waals surface area contributed by atoms with E-state index in [4.69, 9.17) is 4.42 Å². The Labute approximate surface area is 116 Å². The van der Waals surface area contributed by atoms with E-state index in [0.717, 1.165) is 8.26 Å². The molecule has 90 valence electrons. The Hall–Kier alpha value is -0.700. The van der Waals surface area contributed by atoms with Crippen molar-refractivity contribution in [1.29, 1.82) is 0 Å². The predicted molar refractivity (Wildman–Crippen MR) is 69.1 cm³/mol. The third kappa shape index (κ3) is 2.59. The van der Waals surface area contributed by atoms with Crippen LogP contribution in [-0.4, -0.2) is 10.0 Å². The van der Waals surface area contributed by atoms with Crippen molar-refractivity contribution in [2.24, 2.45) is 0 Å². The third-order valence-corrected chi connectivity index (χ3v) is 5.30. The van der Waals surface area contributed by atoms with Crippen LogP contribution in [0, 0.1) is 10.1 Å². The Morgan fingerprint density at radius 1 is 1.47 bits per heavy atom. The fourth-order valence-corrected chi connectivity index (χ4v) is 3.31. The van der Waals surface area contributed by atoms with Gasteiger partial charge in [-0.1, -0.05) is 0 Å². The number of aliphatic hydroxyl groups is 1. The predicted octanol–water partition coefficient (Wildman–Crippen LogP) is 3.86. The highest BCUT2D eigenvalue weighted by molar-refractivity contribution is 9.13. The first-order valence-electron chi connectivity index (χ1n) is 4.36. The van der Waals surface area contributed by atoms with Gasteiger partial charge in [0.1, 0.15) is 16.8 Å². The molecule has 0 aliphatic carbocycles. The number of hydrogen-bond donors (Lipinski definition) is 1. The number of halogens is 2. The molecule has 2 aromatic heterocycles. The largest absolute Gasteiger partial charge is 0.433 e. The van der Waals surface area contributed by atoms with Gasteiger partial charge in [0.05, 0.1) is 9.85 Å². The summed E-state index contributed by atoms with van der Waals surface area (Å²) in [7, 11) is 0. The summed E-state index contributed by atoms with van der Waals surface area (Å²) in [4.78, 5) is 10.4. The van der Waals surface area contributed by atoms with E-state index in [-0.39, 0.29) is 11.6 Å². The first kappa shape index (κ1) is 12.7. The van der Waals surface area contributed by atoms with Gasteiger partial charge in [0.25, 0.3) is 0 Å². The summed E-state index contributed by atoms with van der Waals surface area (Å²) in [6, 6.07) is 4.34. The maximum Gasteiger partial charge on any atom is 0.433 e. The molecule has 1 N–H and O–H groups in total. The SMILES string of the molecule is O=[N+]([O-])c1ccc(C(O)c2cc(Br)c(Br)s2)o1. The van der Waals surface area contributed by atoms with Crippen molar-refractivity contribution in [2.45, 2.75) is 6.10 Å². The summed E-state index contributed by atoms with van der Waals surface area (Å²) in [5, 5.41) is 20.4. The van der Waals surface area contributed by atoms with Gasteiger partial charge in [-0.15, -0.1) is 11.3 Å². The van der Waals surface area contributed by atoms with Crippen LogP contribution < -0.4 is 0 Å². The molecule has 0 amide bonds. The second-order valence-corrected chi connectivity index (χ2v) is 6.36. The highest BCUT2D eigenvalue weighted by atomic mass is 79.9. The second kappa shape index (κ2) is 4.89. The molecular weight excluding hydrogens is 378 g/mol. The van der Waals surface area contributed by atoms with Crippen molar-refractivity contribution in [3.63, 3.8) is 0 Å². The summed E-state index contributed by atoms with van der Waals surface area (Å²) >= 11 is 7.93. The average molecular weight is 383 g/mol. The topological polar surface area (TPSA) is 76.5 Å². The number of nitrogens with zero attached hydrogens (tertiary/aromatic N) is 1. The van der Waals surface area contributed by atoms with E-state index in [1.54, 1.807) is 6.07 Å². The fraction of sp³-hybridized carbons (Fsp3) is 0.111. The van der Waals surface area contributed by atoms with Crippen LogP contribution >= 0.6 is 43.2 Å². The minimum Gasteiger partial charge on any atom is -0.403 e. The number of furan rings is 1. The van der Waals surface area contributed by atoms with Crippen LogP contribution in [-0.2, 0) is 0 Å².